The van der Waals surface area contributed by atoms with Crippen molar-refractivity contribution in [2.45, 2.75) is 18.9 Å². The first-order chi connectivity index (χ1) is 8.65. The zero-order chi connectivity index (χ0) is 13.4. The summed E-state index contributed by atoms with van der Waals surface area (Å²) in [5.74, 6) is 2.15. The van der Waals surface area contributed by atoms with E-state index >= 15 is 0 Å². The molecular weight excluding hydrogens is 246 g/mol. The fourth-order valence-electron chi connectivity index (χ4n) is 2.06. The number of likely N-dealkylation sites (tertiary alicyclic amines) is 1. The van der Waals surface area contributed by atoms with Gasteiger partial charge < -0.3 is 15.1 Å². The average Bonchev–Trinajstić information content (AvgIpc) is 2.38. The van der Waals surface area contributed by atoms with Crippen LogP contribution in [0.25, 0.3) is 0 Å². The van der Waals surface area contributed by atoms with Crippen molar-refractivity contribution in [2.75, 3.05) is 45.2 Å². The highest BCUT2D eigenvalue weighted by Crippen LogP contribution is 2.11. The van der Waals surface area contributed by atoms with Gasteiger partial charge >= 0.3 is 6.03 Å². The third-order valence-corrected chi connectivity index (χ3v) is 4.03. The number of piperidine rings is 1. The topological polar surface area (TPSA) is 35.6 Å². The van der Waals surface area contributed by atoms with E-state index in [1.165, 1.54) is 0 Å². The fraction of sp³-hybridized carbons (Fsp3) is 0.769. The van der Waals surface area contributed by atoms with Gasteiger partial charge in [0.05, 0.1) is 0 Å². The van der Waals surface area contributed by atoms with Crippen molar-refractivity contribution in [3.8, 4) is 0 Å². The van der Waals surface area contributed by atoms with Crippen molar-refractivity contribution < 1.29 is 4.79 Å². The Morgan fingerprint density at radius 1 is 1.50 bits per heavy atom. The summed E-state index contributed by atoms with van der Waals surface area (Å²) in [4.78, 5) is 15.3. The van der Waals surface area contributed by atoms with Gasteiger partial charge in [-0.1, -0.05) is 6.08 Å². The molecule has 0 aromatic heterocycles. The molecule has 0 bridgehead atoms. The zero-order valence-corrected chi connectivity index (χ0v) is 12.3. The van der Waals surface area contributed by atoms with Gasteiger partial charge in [0, 0.05) is 51.3 Å². The number of hydrogen-bond donors (Lipinski definition) is 1. The Morgan fingerprint density at radius 3 is 2.72 bits per heavy atom. The molecule has 5 heteroatoms. The number of nitrogens with one attached hydrogen (secondary N) is 1. The van der Waals surface area contributed by atoms with Crippen molar-refractivity contribution in [2.24, 2.45) is 0 Å². The van der Waals surface area contributed by atoms with Gasteiger partial charge in [-0.2, -0.15) is 11.8 Å². The molecular formula is C13H25N3OS. The maximum atomic E-state index is 11.8. The zero-order valence-electron chi connectivity index (χ0n) is 11.5. The van der Waals surface area contributed by atoms with Crippen LogP contribution < -0.4 is 5.32 Å². The van der Waals surface area contributed by atoms with Gasteiger partial charge in [-0.25, -0.2) is 4.79 Å². The molecule has 1 aliphatic rings. The van der Waals surface area contributed by atoms with Gasteiger partial charge in [-0.3, -0.25) is 0 Å². The molecule has 0 spiro atoms. The molecule has 1 N–H and O–H groups in total. The minimum atomic E-state index is 0.134. The Labute approximate surface area is 115 Å². The van der Waals surface area contributed by atoms with Gasteiger partial charge in [0.25, 0.3) is 0 Å². The number of urea groups is 1. The largest absolute Gasteiger partial charge is 0.331 e. The third-order valence-electron chi connectivity index (χ3n) is 3.06. The third kappa shape index (κ3) is 5.31. The molecule has 0 saturated carbocycles. The highest BCUT2D eigenvalue weighted by atomic mass is 32.2. The number of carbonyl (C=O) groups is 1. The molecule has 0 unspecified atom stereocenters. The Bertz CT molecular complexity index is 263. The second-order valence-electron chi connectivity index (χ2n) is 4.76. The Balaban J connectivity index is 2.12. The van der Waals surface area contributed by atoms with E-state index in [2.05, 4.69) is 11.9 Å². The summed E-state index contributed by atoms with van der Waals surface area (Å²) >= 11 is 1.90. The van der Waals surface area contributed by atoms with Crippen molar-refractivity contribution in [1.29, 1.82) is 0 Å². The van der Waals surface area contributed by atoms with Gasteiger partial charge in [0.1, 0.15) is 0 Å². The van der Waals surface area contributed by atoms with E-state index in [0.29, 0.717) is 6.04 Å². The minimum absolute atomic E-state index is 0.134. The van der Waals surface area contributed by atoms with E-state index < -0.39 is 0 Å². The molecule has 0 aromatic rings. The summed E-state index contributed by atoms with van der Waals surface area (Å²) in [6, 6.07) is 0.704. The lowest BCUT2D eigenvalue weighted by Crippen LogP contribution is -2.48. The van der Waals surface area contributed by atoms with Gasteiger partial charge in [-0.15, -0.1) is 6.58 Å². The maximum Gasteiger partial charge on any atom is 0.319 e. The number of hydrogen-bond acceptors (Lipinski definition) is 3. The molecule has 2 amide bonds. The number of nitrogens with zero attached hydrogens (tertiary/aromatic N) is 2. The van der Waals surface area contributed by atoms with Crippen LogP contribution in [0.4, 0.5) is 4.79 Å². The van der Waals surface area contributed by atoms with Gasteiger partial charge in [-0.05, 0) is 12.8 Å². The smallest absolute Gasteiger partial charge is 0.319 e. The quantitative estimate of drug-likeness (QED) is 0.589. The molecule has 104 valence electrons. The van der Waals surface area contributed by atoms with Crippen molar-refractivity contribution in [3.63, 3.8) is 0 Å². The molecule has 1 fully saturated rings. The first-order valence-corrected chi connectivity index (χ1v) is 7.69. The average molecular weight is 271 g/mol. The molecule has 1 aliphatic heterocycles. The van der Waals surface area contributed by atoms with Crippen LogP contribution in [-0.2, 0) is 0 Å². The minimum Gasteiger partial charge on any atom is -0.331 e. The maximum absolute atomic E-state index is 11.8. The predicted octanol–water partition coefficient (Wildman–Crippen LogP) is 1.64. The van der Waals surface area contributed by atoms with E-state index in [0.717, 1.165) is 44.0 Å². The highest BCUT2D eigenvalue weighted by molar-refractivity contribution is 7.99. The predicted molar refractivity (Wildman–Crippen MR) is 79.2 cm³/mol. The Kier molecular flexibility index (Phi) is 7.20. The van der Waals surface area contributed by atoms with Crippen molar-refractivity contribution >= 4 is 17.8 Å². The summed E-state index contributed by atoms with van der Waals surface area (Å²) in [6.45, 7) is 6.49. The number of rotatable bonds is 6. The second kappa shape index (κ2) is 8.43. The summed E-state index contributed by atoms with van der Waals surface area (Å²) < 4.78 is 0. The fourth-order valence-corrected chi connectivity index (χ4v) is 2.66. The lowest BCUT2D eigenvalue weighted by molar-refractivity contribution is 0.153. The molecule has 1 rings (SSSR count). The number of thioether (sulfide) groups is 1. The first kappa shape index (κ1) is 15.4. The van der Waals surface area contributed by atoms with Crippen LogP contribution in [-0.4, -0.2) is 67.1 Å². The highest BCUT2D eigenvalue weighted by Gasteiger charge is 2.22. The summed E-state index contributed by atoms with van der Waals surface area (Å²) in [5, 5.41) is 3.56. The van der Waals surface area contributed by atoms with Crippen molar-refractivity contribution in [1.82, 2.24) is 15.1 Å². The standard InChI is InChI=1S/C13H25N3OS/c1-4-10-18-11-7-14-12-5-8-16(9-6-12)13(17)15(2)3/h4,12,14H,1,5-11H2,2-3H3. The molecule has 4 nitrogen and oxygen atoms in total. The lowest BCUT2D eigenvalue weighted by Gasteiger charge is -2.34. The first-order valence-electron chi connectivity index (χ1n) is 6.53. The molecule has 0 aromatic carbocycles. The van der Waals surface area contributed by atoms with Crippen LogP contribution in [0.2, 0.25) is 0 Å². The molecule has 1 saturated heterocycles. The van der Waals surface area contributed by atoms with E-state index in [4.69, 9.17) is 0 Å². The van der Waals surface area contributed by atoms with E-state index in [1.807, 2.05) is 36.8 Å². The number of amides is 2. The second-order valence-corrected chi connectivity index (χ2v) is 5.91. The monoisotopic (exact) mass is 271 g/mol. The van der Waals surface area contributed by atoms with Crippen LogP contribution in [0, 0.1) is 0 Å². The molecule has 0 aliphatic carbocycles. The van der Waals surface area contributed by atoms with Crippen LogP contribution in [0.1, 0.15) is 12.8 Å². The number of carbonyl (C=O) groups excluding carboxylic acids is 1. The van der Waals surface area contributed by atoms with Crippen LogP contribution in [0.3, 0.4) is 0 Å². The van der Waals surface area contributed by atoms with Crippen LogP contribution in [0.5, 0.6) is 0 Å². The normalized spacial score (nSPS) is 16.7. The summed E-state index contributed by atoms with van der Waals surface area (Å²) in [7, 11) is 3.62. The van der Waals surface area contributed by atoms with Gasteiger partial charge in [0.15, 0.2) is 0 Å². The van der Waals surface area contributed by atoms with Crippen LogP contribution >= 0.6 is 11.8 Å². The van der Waals surface area contributed by atoms with Crippen molar-refractivity contribution in [3.05, 3.63) is 12.7 Å². The molecule has 0 atom stereocenters. The summed E-state index contributed by atoms with van der Waals surface area (Å²) in [5.41, 5.74) is 0. The van der Waals surface area contributed by atoms with Crippen LogP contribution in [0.15, 0.2) is 12.7 Å². The molecule has 1 heterocycles. The van der Waals surface area contributed by atoms with Gasteiger partial charge in [0.2, 0.25) is 0 Å². The lowest BCUT2D eigenvalue weighted by atomic mass is 10.1. The summed E-state index contributed by atoms with van der Waals surface area (Å²) in [6.07, 6.45) is 4.06. The molecule has 18 heavy (non-hydrogen) atoms. The van der Waals surface area contributed by atoms with E-state index in [-0.39, 0.29) is 6.03 Å². The van der Waals surface area contributed by atoms with E-state index in [9.17, 15) is 4.79 Å². The Morgan fingerprint density at radius 2 is 2.17 bits per heavy atom. The Hall–Kier alpha value is -0.680. The van der Waals surface area contributed by atoms with E-state index in [1.54, 1.807) is 4.90 Å². The SMILES string of the molecule is C=CCSCCNC1CCN(C(=O)N(C)C)CC1. The molecule has 0 radical (unpaired) electrons.